The summed E-state index contributed by atoms with van der Waals surface area (Å²) in [7, 11) is -4.14. The predicted molar refractivity (Wildman–Crippen MR) is 67.2 cm³/mol. The maximum Gasteiger partial charge on any atom is 0.304 e. The lowest BCUT2D eigenvalue weighted by molar-refractivity contribution is 0.000985. The lowest BCUT2D eigenvalue weighted by Gasteiger charge is -2.15. The van der Waals surface area contributed by atoms with Gasteiger partial charge in [0.25, 0.3) is 0 Å². The maximum atomic E-state index is 10.9. The van der Waals surface area contributed by atoms with Gasteiger partial charge in [0.05, 0.1) is 10.6 Å². The fraction of sp³-hybridized carbons (Fsp3) is 0.500. The van der Waals surface area contributed by atoms with Crippen molar-refractivity contribution in [3.8, 4) is 0 Å². The average Bonchev–Trinajstić information content (AvgIpc) is 2.60. The van der Waals surface area contributed by atoms with Crippen molar-refractivity contribution < 1.29 is 17.8 Å². The van der Waals surface area contributed by atoms with E-state index in [1.165, 1.54) is 6.07 Å². The van der Waals surface area contributed by atoms with Gasteiger partial charge in [-0.25, -0.2) is 0 Å². The summed E-state index contributed by atoms with van der Waals surface area (Å²) in [6.45, 7) is 7.30. The molecule has 0 fully saturated rings. The van der Waals surface area contributed by atoms with Gasteiger partial charge in [-0.15, -0.1) is 11.3 Å². The van der Waals surface area contributed by atoms with Gasteiger partial charge in [-0.3, -0.25) is 4.55 Å². The van der Waals surface area contributed by atoms with Gasteiger partial charge >= 0.3 is 10.1 Å². The van der Waals surface area contributed by atoms with Crippen LogP contribution in [-0.2, 0) is 15.0 Å². The summed E-state index contributed by atoms with van der Waals surface area (Å²) in [5.41, 5.74) is 0.171. The van der Waals surface area contributed by atoms with Crippen molar-refractivity contribution in [1.82, 2.24) is 0 Å². The molecule has 0 atom stereocenters. The van der Waals surface area contributed by atoms with Gasteiger partial charge in [-0.1, -0.05) is 5.16 Å². The van der Waals surface area contributed by atoms with Crippen LogP contribution < -0.4 is 0 Å². The number of hydrogen-bond acceptors (Lipinski definition) is 5. The number of thiophene rings is 1. The first-order valence-electron chi connectivity index (χ1n) is 4.90. The fourth-order valence-electron chi connectivity index (χ4n) is 0.904. The van der Waals surface area contributed by atoms with E-state index in [-0.39, 0.29) is 4.21 Å². The number of oxime groups is 1. The molecule has 0 bridgehead atoms. The van der Waals surface area contributed by atoms with E-state index in [0.29, 0.717) is 10.6 Å². The van der Waals surface area contributed by atoms with Gasteiger partial charge in [0, 0.05) is 0 Å². The summed E-state index contributed by atoms with van der Waals surface area (Å²) < 4.78 is 30.5. The second-order valence-electron chi connectivity index (χ2n) is 4.47. The Morgan fingerprint density at radius 2 is 2.00 bits per heavy atom. The molecule has 0 unspecified atom stereocenters. The molecular weight excluding hydrogens is 262 g/mol. The number of hydrogen-bond donors (Lipinski definition) is 1. The first-order chi connectivity index (χ1) is 7.59. The molecule has 1 rings (SSSR count). The fourth-order valence-corrected chi connectivity index (χ4v) is 2.51. The van der Waals surface area contributed by atoms with Crippen LogP contribution in [0.1, 0.15) is 32.6 Å². The van der Waals surface area contributed by atoms with E-state index in [9.17, 15) is 8.42 Å². The van der Waals surface area contributed by atoms with Crippen molar-refractivity contribution in [3.05, 3.63) is 17.0 Å². The molecule has 0 saturated heterocycles. The summed E-state index contributed by atoms with van der Waals surface area (Å²) in [4.78, 5) is 5.86. The molecule has 1 heterocycles. The van der Waals surface area contributed by atoms with E-state index >= 15 is 0 Å². The van der Waals surface area contributed by atoms with Gasteiger partial charge in [0.1, 0.15) is 9.81 Å². The molecule has 5 nitrogen and oxygen atoms in total. The molecule has 0 aliphatic heterocycles. The second kappa shape index (κ2) is 4.75. The predicted octanol–water partition coefficient (Wildman–Crippen LogP) is 2.53. The minimum atomic E-state index is -4.14. The molecule has 7 heteroatoms. The third kappa shape index (κ3) is 4.45. The van der Waals surface area contributed by atoms with Crippen LogP contribution in [0, 0.1) is 0 Å². The molecule has 0 aliphatic rings. The molecule has 0 spiro atoms. The Labute approximate surface area is 105 Å². The van der Waals surface area contributed by atoms with Crippen LogP contribution in [0.3, 0.4) is 0 Å². The Kier molecular flexibility index (Phi) is 3.95. The zero-order chi connectivity index (χ0) is 13.3. The summed E-state index contributed by atoms with van der Waals surface area (Å²) in [6, 6.07) is 2.92. The number of rotatable bonds is 3. The molecule has 1 aromatic heterocycles. The first-order valence-corrected chi connectivity index (χ1v) is 7.16. The van der Waals surface area contributed by atoms with Gasteiger partial charge < -0.3 is 4.84 Å². The molecule has 0 saturated carbocycles. The molecule has 0 radical (unpaired) electrons. The molecule has 17 heavy (non-hydrogen) atoms. The Balaban J connectivity index is 2.91. The van der Waals surface area contributed by atoms with Crippen molar-refractivity contribution in [2.75, 3.05) is 0 Å². The van der Waals surface area contributed by atoms with E-state index in [0.717, 1.165) is 11.3 Å². The molecule has 0 aromatic carbocycles. The Morgan fingerprint density at radius 3 is 2.41 bits per heavy atom. The van der Waals surface area contributed by atoms with Crippen LogP contribution in [0.2, 0.25) is 0 Å². The molecule has 1 N–H and O–H groups in total. The zero-order valence-electron chi connectivity index (χ0n) is 10.1. The van der Waals surface area contributed by atoms with Crippen LogP contribution in [0.25, 0.3) is 0 Å². The SMILES string of the molecule is CC(=NOC(C)(C)C)c1ccc(S(=O)(=O)O)s1. The highest BCUT2D eigenvalue weighted by molar-refractivity contribution is 7.88. The summed E-state index contributed by atoms with van der Waals surface area (Å²) in [6.07, 6.45) is 0. The van der Waals surface area contributed by atoms with E-state index in [4.69, 9.17) is 9.39 Å². The van der Waals surface area contributed by atoms with Gasteiger partial charge in [-0.05, 0) is 39.8 Å². The Hall–Kier alpha value is -0.920. The van der Waals surface area contributed by atoms with Crippen LogP contribution >= 0.6 is 11.3 Å². The lowest BCUT2D eigenvalue weighted by Crippen LogP contribution is -2.16. The van der Waals surface area contributed by atoms with Crippen LogP contribution in [-0.4, -0.2) is 24.3 Å². The van der Waals surface area contributed by atoms with Gasteiger partial charge in [0.15, 0.2) is 0 Å². The third-order valence-corrected chi connectivity index (χ3v) is 4.16. The Bertz CT molecular complexity index is 523. The van der Waals surface area contributed by atoms with Crippen molar-refractivity contribution in [1.29, 1.82) is 0 Å². The van der Waals surface area contributed by atoms with Crippen molar-refractivity contribution in [2.45, 2.75) is 37.5 Å². The minimum absolute atomic E-state index is 0.0993. The quantitative estimate of drug-likeness (QED) is 0.523. The largest absolute Gasteiger partial charge is 0.390 e. The topological polar surface area (TPSA) is 76.0 Å². The maximum absolute atomic E-state index is 10.9. The third-order valence-electron chi connectivity index (χ3n) is 1.65. The first kappa shape index (κ1) is 14.1. The summed E-state index contributed by atoms with van der Waals surface area (Å²) in [5, 5.41) is 3.91. The van der Waals surface area contributed by atoms with Crippen LogP contribution in [0.15, 0.2) is 21.5 Å². The van der Waals surface area contributed by atoms with Crippen LogP contribution in [0.4, 0.5) is 0 Å². The minimum Gasteiger partial charge on any atom is -0.390 e. The highest BCUT2D eigenvalue weighted by atomic mass is 32.3. The molecule has 1 aromatic rings. The monoisotopic (exact) mass is 277 g/mol. The van der Waals surface area contributed by atoms with Gasteiger partial charge in [0.2, 0.25) is 0 Å². The van der Waals surface area contributed by atoms with Crippen molar-refractivity contribution >= 4 is 27.2 Å². The molecule has 0 aliphatic carbocycles. The highest BCUT2D eigenvalue weighted by Crippen LogP contribution is 2.22. The zero-order valence-corrected chi connectivity index (χ0v) is 11.7. The van der Waals surface area contributed by atoms with E-state index in [2.05, 4.69) is 5.16 Å². The lowest BCUT2D eigenvalue weighted by atomic mass is 10.2. The summed E-state index contributed by atoms with van der Waals surface area (Å²) >= 11 is 0.950. The van der Waals surface area contributed by atoms with Crippen LogP contribution in [0.5, 0.6) is 0 Å². The highest BCUT2D eigenvalue weighted by Gasteiger charge is 2.15. The standard InChI is InChI=1S/C10H15NO4S2/c1-7(11-15-10(2,3)4)8-5-6-9(16-8)17(12,13)14/h5-6H,1-4H3,(H,12,13,14). The molecule has 96 valence electrons. The average molecular weight is 277 g/mol. The Morgan fingerprint density at radius 1 is 1.41 bits per heavy atom. The molecule has 0 amide bonds. The smallest absolute Gasteiger partial charge is 0.304 e. The van der Waals surface area contributed by atoms with Crippen molar-refractivity contribution in [2.24, 2.45) is 5.16 Å². The summed E-state index contributed by atoms with van der Waals surface area (Å²) in [5.74, 6) is 0. The second-order valence-corrected chi connectivity index (χ2v) is 7.21. The van der Waals surface area contributed by atoms with Gasteiger partial charge in [-0.2, -0.15) is 8.42 Å². The molecular formula is C10H15NO4S2. The van der Waals surface area contributed by atoms with E-state index < -0.39 is 15.7 Å². The normalized spacial score (nSPS) is 13.8. The number of nitrogens with zero attached hydrogens (tertiary/aromatic N) is 1. The van der Waals surface area contributed by atoms with Crippen molar-refractivity contribution in [3.63, 3.8) is 0 Å². The van der Waals surface area contributed by atoms with E-state index in [1.807, 2.05) is 20.8 Å². The van der Waals surface area contributed by atoms with E-state index in [1.54, 1.807) is 13.0 Å².